The molecule has 0 saturated carbocycles. The first-order valence-corrected chi connectivity index (χ1v) is 7.90. The number of hydrogen-bond donors (Lipinski definition) is 1. The second kappa shape index (κ2) is 8.70. The number of nitriles is 1. The first kappa shape index (κ1) is 17.5. The molecule has 0 bridgehead atoms. The second-order valence-corrected chi connectivity index (χ2v) is 5.39. The van der Waals surface area contributed by atoms with Crippen molar-refractivity contribution in [1.29, 1.82) is 5.26 Å². The zero-order valence-corrected chi connectivity index (χ0v) is 14.2. The maximum Gasteiger partial charge on any atom is 0.161 e. The van der Waals surface area contributed by atoms with E-state index in [1.165, 1.54) is 0 Å². The number of rotatable bonds is 7. The predicted molar refractivity (Wildman–Crippen MR) is 98.8 cm³/mol. The summed E-state index contributed by atoms with van der Waals surface area (Å²) < 4.78 is 11.5. The molecule has 5 heteroatoms. The van der Waals surface area contributed by atoms with Crippen molar-refractivity contribution in [3.8, 4) is 17.6 Å². The minimum absolute atomic E-state index is 0.0693. The van der Waals surface area contributed by atoms with Crippen LogP contribution in [0.1, 0.15) is 18.1 Å². The quantitative estimate of drug-likeness (QED) is 0.472. The standard InChI is InChI=1S/C19H18N2O2S/c1-2-22-18-11-15(10-16(12-20)19(21)24)8-9-17(18)23-13-14-6-4-3-5-7-14/h3-11H,2,13H2,1H3,(H2,21,24)/b16-10+. The van der Waals surface area contributed by atoms with E-state index in [-0.39, 0.29) is 10.6 Å². The molecule has 2 aromatic carbocycles. The average Bonchev–Trinajstić information content (AvgIpc) is 2.60. The van der Waals surface area contributed by atoms with Crippen molar-refractivity contribution in [2.75, 3.05) is 6.61 Å². The molecule has 0 amide bonds. The van der Waals surface area contributed by atoms with E-state index in [1.807, 2.05) is 55.5 Å². The molecule has 0 radical (unpaired) electrons. The minimum Gasteiger partial charge on any atom is -0.490 e. The molecule has 0 saturated heterocycles. The van der Waals surface area contributed by atoms with Gasteiger partial charge in [0.1, 0.15) is 17.7 Å². The van der Waals surface area contributed by atoms with Crippen LogP contribution < -0.4 is 15.2 Å². The van der Waals surface area contributed by atoms with Crippen LogP contribution in [0.4, 0.5) is 0 Å². The summed E-state index contributed by atoms with van der Waals surface area (Å²) in [6.07, 6.45) is 1.63. The van der Waals surface area contributed by atoms with Crippen molar-refractivity contribution in [2.24, 2.45) is 5.73 Å². The average molecular weight is 338 g/mol. The minimum atomic E-state index is 0.0693. The van der Waals surface area contributed by atoms with Crippen LogP contribution in [0.25, 0.3) is 6.08 Å². The molecule has 0 heterocycles. The monoisotopic (exact) mass is 338 g/mol. The van der Waals surface area contributed by atoms with E-state index in [0.717, 1.165) is 11.1 Å². The largest absolute Gasteiger partial charge is 0.490 e. The molecule has 0 atom stereocenters. The number of ether oxygens (including phenoxy) is 2. The van der Waals surface area contributed by atoms with Gasteiger partial charge >= 0.3 is 0 Å². The van der Waals surface area contributed by atoms with Crippen LogP contribution >= 0.6 is 12.2 Å². The number of hydrogen-bond acceptors (Lipinski definition) is 4. The number of benzene rings is 2. The Morgan fingerprint density at radius 2 is 1.92 bits per heavy atom. The lowest BCUT2D eigenvalue weighted by atomic mass is 10.1. The third-order valence-corrected chi connectivity index (χ3v) is 3.42. The summed E-state index contributed by atoms with van der Waals surface area (Å²) in [5.41, 5.74) is 7.62. The molecular formula is C19H18N2O2S. The van der Waals surface area contributed by atoms with Gasteiger partial charge in [-0.05, 0) is 36.3 Å². The molecule has 122 valence electrons. The molecule has 0 aliphatic heterocycles. The van der Waals surface area contributed by atoms with Crippen LogP contribution in [0, 0.1) is 11.3 Å². The third kappa shape index (κ3) is 4.83. The molecule has 2 N–H and O–H groups in total. The Hall–Kier alpha value is -2.84. The van der Waals surface area contributed by atoms with Gasteiger partial charge in [0.2, 0.25) is 0 Å². The van der Waals surface area contributed by atoms with Gasteiger partial charge in [0.15, 0.2) is 11.5 Å². The Bertz CT molecular complexity index is 780. The first-order valence-electron chi connectivity index (χ1n) is 7.49. The van der Waals surface area contributed by atoms with Crippen molar-refractivity contribution in [3.63, 3.8) is 0 Å². The topological polar surface area (TPSA) is 68.3 Å². The second-order valence-electron chi connectivity index (χ2n) is 4.95. The summed E-state index contributed by atoms with van der Waals surface area (Å²) in [5, 5.41) is 9.05. The lowest BCUT2D eigenvalue weighted by Gasteiger charge is -2.13. The van der Waals surface area contributed by atoms with Gasteiger partial charge in [-0.25, -0.2) is 0 Å². The number of thiocarbonyl (C=S) groups is 1. The molecule has 0 unspecified atom stereocenters. The van der Waals surface area contributed by atoms with E-state index < -0.39 is 0 Å². The summed E-state index contributed by atoms with van der Waals surface area (Å²) in [4.78, 5) is 0.0693. The fourth-order valence-corrected chi connectivity index (χ4v) is 2.17. The Balaban J connectivity index is 2.23. The maximum atomic E-state index is 9.05. The van der Waals surface area contributed by atoms with Crippen molar-refractivity contribution in [2.45, 2.75) is 13.5 Å². The van der Waals surface area contributed by atoms with Crippen LogP contribution in [0.15, 0.2) is 54.1 Å². The summed E-state index contributed by atoms with van der Waals surface area (Å²) in [6, 6.07) is 17.3. The fourth-order valence-electron chi connectivity index (χ4n) is 2.06. The van der Waals surface area contributed by atoms with Gasteiger partial charge in [0.25, 0.3) is 0 Å². The van der Waals surface area contributed by atoms with E-state index in [4.69, 9.17) is 32.7 Å². The smallest absolute Gasteiger partial charge is 0.161 e. The van der Waals surface area contributed by atoms with Gasteiger partial charge in [-0.2, -0.15) is 5.26 Å². The van der Waals surface area contributed by atoms with Crippen molar-refractivity contribution < 1.29 is 9.47 Å². The van der Waals surface area contributed by atoms with E-state index in [1.54, 1.807) is 12.1 Å². The van der Waals surface area contributed by atoms with E-state index in [2.05, 4.69) is 0 Å². The Morgan fingerprint density at radius 3 is 2.54 bits per heavy atom. The van der Waals surface area contributed by atoms with Crippen LogP contribution in [0.5, 0.6) is 11.5 Å². The lowest BCUT2D eigenvalue weighted by Crippen LogP contribution is -2.09. The molecule has 2 rings (SSSR count). The molecule has 0 fully saturated rings. The molecule has 0 aliphatic carbocycles. The maximum absolute atomic E-state index is 9.05. The molecule has 4 nitrogen and oxygen atoms in total. The highest BCUT2D eigenvalue weighted by Gasteiger charge is 2.08. The van der Waals surface area contributed by atoms with E-state index >= 15 is 0 Å². The van der Waals surface area contributed by atoms with Gasteiger partial charge < -0.3 is 15.2 Å². The SMILES string of the molecule is CCOc1cc(/C=C(\C#N)C(N)=S)ccc1OCc1ccccc1. The van der Waals surface area contributed by atoms with Crippen LogP contribution in [-0.2, 0) is 6.61 Å². The molecule has 0 spiro atoms. The molecule has 0 aromatic heterocycles. The zero-order valence-electron chi connectivity index (χ0n) is 13.4. The third-order valence-electron chi connectivity index (χ3n) is 3.20. The van der Waals surface area contributed by atoms with Gasteiger partial charge in [-0.3, -0.25) is 0 Å². The molecular weight excluding hydrogens is 320 g/mol. The highest BCUT2D eigenvalue weighted by atomic mass is 32.1. The predicted octanol–water partition coefficient (Wildman–Crippen LogP) is 3.86. The van der Waals surface area contributed by atoms with Crippen LogP contribution in [0.2, 0.25) is 0 Å². The van der Waals surface area contributed by atoms with Gasteiger partial charge in [-0.1, -0.05) is 48.6 Å². The Labute approximate surface area is 147 Å². The number of nitrogens with two attached hydrogens (primary N) is 1. The Kier molecular flexibility index (Phi) is 6.35. The summed E-state index contributed by atoms with van der Waals surface area (Å²) in [6.45, 7) is 2.86. The van der Waals surface area contributed by atoms with E-state index in [9.17, 15) is 0 Å². The molecule has 0 aliphatic rings. The van der Waals surface area contributed by atoms with Crippen molar-refractivity contribution in [3.05, 3.63) is 65.2 Å². The van der Waals surface area contributed by atoms with Crippen molar-refractivity contribution >= 4 is 23.3 Å². The zero-order chi connectivity index (χ0) is 17.4. The van der Waals surface area contributed by atoms with Gasteiger partial charge in [0, 0.05) is 0 Å². The normalized spacial score (nSPS) is 10.8. The highest BCUT2D eigenvalue weighted by molar-refractivity contribution is 7.80. The van der Waals surface area contributed by atoms with Crippen molar-refractivity contribution in [1.82, 2.24) is 0 Å². The molecule has 24 heavy (non-hydrogen) atoms. The van der Waals surface area contributed by atoms with Crippen LogP contribution in [-0.4, -0.2) is 11.6 Å². The van der Waals surface area contributed by atoms with Gasteiger partial charge in [-0.15, -0.1) is 0 Å². The fraction of sp³-hybridized carbons (Fsp3) is 0.158. The summed E-state index contributed by atoms with van der Waals surface area (Å²) in [7, 11) is 0. The molecule has 2 aromatic rings. The first-order chi connectivity index (χ1) is 11.6. The summed E-state index contributed by atoms with van der Waals surface area (Å²) in [5.74, 6) is 1.26. The summed E-state index contributed by atoms with van der Waals surface area (Å²) >= 11 is 4.85. The Morgan fingerprint density at radius 1 is 1.17 bits per heavy atom. The lowest BCUT2D eigenvalue weighted by molar-refractivity contribution is 0.269. The van der Waals surface area contributed by atoms with E-state index in [0.29, 0.717) is 24.7 Å². The highest BCUT2D eigenvalue weighted by Crippen LogP contribution is 2.30. The van der Waals surface area contributed by atoms with Crippen LogP contribution in [0.3, 0.4) is 0 Å². The number of nitrogens with zero attached hydrogens (tertiary/aromatic N) is 1. The van der Waals surface area contributed by atoms with Gasteiger partial charge in [0.05, 0.1) is 12.2 Å².